The molecule has 2 nitrogen and oxygen atoms in total. The quantitative estimate of drug-likeness (QED) is 0.217. The molecular formula is C38H34O2P2. The average molecular weight is 585 g/mol. The summed E-state index contributed by atoms with van der Waals surface area (Å²) in [4.78, 5) is 14.5. The van der Waals surface area contributed by atoms with E-state index in [4.69, 9.17) is 0 Å². The molecule has 0 radical (unpaired) electrons. The summed E-state index contributed by atoms with van der Waals surface area (Å²) in [6.07, 6.45) is 0. The molecule has 208 valence electrons. The number of hydrogen-bond donors (Lipinski definition) is 1. The molecule has 0 saturated heterocycles. The van der Waals surface area contributed by atoms with Crippen LogP contribution in [-0.4, -0.2) is 16.5 Å². The number of carboxylic acid groups (broad SMARTS) is 1. The summed E-state index contributed by atoms with van der Waals surface area (Å²) < 4.78 is 0. The molecular weight excluding hydrogens is 550 g/mol. The minimum absolute atomic E-state index is 0.732. The molecule has 6 rings (SSSR count). The van der Waals surface area contributed by atoms with Gasteiger partial charge in [0, 0.05) is 0 Å². The van der Waals surface area contributed by atoms with E-state index < -0.39 is 25.9 Å². The van der Waals surface area contributed by atoms with Crippen LogP contribution in [0.2, 0.25) is 0 Å². The molecule has 0 unspecified atom stereocenters. The molecule has 0 aliphatic rings. The van der Waals surface area contributed by atoms with E-state index in [9.17, 15) is 9.90 Å². The number of aliphatic carboxylic acids is 1. The van der Waals surface area contributed by atoms with Crippen LogP contribution in [0.5, 0.6) is 0 Å². The Hall–Kier alpha value is -4.35. The monoisotopic (exact) mass is 584 g/mol. The zero-order valence-electron chi connectivity index (χ0n) is 23.3. The molecule has 6 aromatic carbocycles. The third-order valence-electron chi connectivity index (χ3n) is 8.49. The van der Waals surface area contributed by atoms with Crippen LogP contribution >= 0.6 is 14.5 Å². The van der Waals surface area contributed by atoms with Crippen molar-refractivity contribution in [3.63, 3.8) is 0 Å². The van der Waals surface area contributed by atoms with Crippen LogP contribution in [0.25, 0.3) is 0 Å². The Kier molecular flexibility index (Phi) is 8.11. The van der Waals surface area contributed by atoms with Crippen LogP contribution in [0, 0.1) is 0 Å². The van der Waals surface area contributed by atoms with E-state index in [1.807, 2.05) is 36.4 Å². The fourth-order valence-electron chi connectivity index (χ4n) is 6.90. The summed E-state index contributed by atoms with van der Waals surface area (Å²) in [6.45, 7) is 0. The first kappa shape index (κ1) is 27.8. The van der Waals surface area contributed by atoms with E-state index >= 15 is 0 Å². The molecule has 4 heteroatoms. The number of carbonyl (C=O) groups is 1. The molecule has 1 N–H and O–H groups in total. The van der Waals surface area contributed by atoms with Crippen molar-refractivity contribution in [3.8, 4) is 0 Å². The van der Waals surface area contributed by atoms with Gasteiger partial charge in [0.2, 0.25) is 0 Å². The van der Waals surface area contributed by atoms with Gasteiger partial charge in [-0.15, -0.1) is 0 Å². The van der Waals surface area contributed by atoms with Gasteiger partial charge in [-0.3, -0.25) is 0 Å². The molecule has 0 heterocycles. The average Bonchev–Trinajstić information content (AvgIpc) is 3.07. The fourth-order valence-corrected chi connectivity index (χ4v) is 21.5. The third kappa shape index (κ3) is 4.68. The van der Waals surface area contributed by atoms with Crippen LogP contribution in [0.4, 0.5) is 0 Å². The van der Waals surface area contributed by atoms with Crippen LogP contribution < -0.4 is 31.8 Å². The van der Waals surface area contributed by atoms with E-state index in [1.165, 1.54) is 0 Å². The molecule has 0 aliphatic carbocycles. The first-order valence-corrected chi connectivity index (χ1v) is 18.4. The minimum atomic E-state index is -3.34. The predicted molar refractivity (Wildman–Crippen MR) is 185 cm³/mol. The van der Waals surface area contributed by atoms with Gasteiger partial charge in [-0.25, -0.2) is 0 Å². The molecule has 0 aliphatic heterocycles. The maximum atomic E-state index is 14.5. The second-order valence-corrected chi connectivity index (χ2v) is 19.0. The summed E-state index contributed by atoms with van der Waals surface area (Å²) in [6, 6.07) is 62.6. The van der Waals surface area contributed by atoms with Gasteiger partial charge in [0.15, 0.2) is 0 Å². The molecule has 0 spiro atoms. The zero-order valence-corrected chi connectivity index (χ0v) is 25.3. The molecule has 0 bridgehead atoms. The van der Waals surface area contributed by atoms with Gasteiger partial charge in [0.05, 0.1) is 0 Å². The van der Waals surface area contributed by atoms with Crippen molar-refractivity contribution in [1.29, 1.82) is 0 Å². The Bertz CT molecular complexity index is 1410. The van der Waals surface area contributed by atoms with Crippen molar-refractivity contribution in [2.45, 2.75) is 5.40 Å². The molecule has 0 aromatic heterocycles. The topological polar surface area (TPSA) is 37.3 Å². The Morgan fingerprint density at radius 1 is 0.357 bits per heavy atom. The molecule has 6 aromatic rings. The van der Waals surface area contributed by atoms with Gasteiger partial charge in [0.25, 0.3) is 0 Å². The number of rotatable bonds is 9. The second-order valence-electron chi connectivity index (χ2n) is 10.6. The summed E-state index contributed by atoms with van der Waals surface area (Å²) in [5, 5.41) is 17.7. The molecule has 0 amide bonds. The third-order valence-corrected chi connectivity index (χ3v) is 20.8. The zero-order chi connectivity index (χ0) is 28.8. The van der Waals surface area contributed by atoms with Gasteiger partial charge in [-0.1, -0.05) is 0 Å². The molecule has 0 atom stereocenters. The van der Waals surface area contributed by atoms with Crippen molar-refractivity contribution in [3.05, 3.63) is 182 Å². The first-order valence-electron chi connectivity index (χ1n) is 14.3. The summed E-state index contributed by atoms with van der Waals surface area (Å²) in [5.41, 5.74) is 0. The number of carboxylic acids is 1. The predicted octanol–water partition coefficient (Wildman–Crippen LogP) is 5.85. The first-order chi connectivity index (χ1) is 20.7. The Balaban J connectivity index is 1.88. The summed E-state index contributed by atoms with van der Waals surface area (Å²) in [5.74, 6) is -0.763. The van der Waals surface area contributed by atoms with Gasteiger partial charge >= 0.3 is 250 Å². The van der Waals surface area contributed by atoms with Crippen molar-refractivity contribution in [1.82, 2.24) is 0 Å². The summed E-state index contributed by atoms with van der Waals surface area (Å²) in [7, 11) is -6.68. The van der Waals surface area contributed by atoms with Gasteiger partial charge in [-0.2, -0.15) is 0 Å². The van der Waals surface area contributed by atoms with E-state index in [2.05, 4.69) is 146 Å². The van der Waals surface area contributed by atoms with Crippen molar-refractivity contribution in [2.75, 3.05) is 0 Å². The second kappa shape index (κ2) is 12.3. The van der Waals surface area contributed by atoms with E-state index in [1.54, 1.807) is 0 Å². The van der Waals surface area contributed by atoms with Crippen molar-refractivity contribution in [2.24, 2.45) is 0 Å². The summed E-state index contributed by atoms with van der Waals surface area (Å²) >= 11 is 0. The molecule has 0 saturated carbocycles. The standard InChI is InChI=1S/C38H34O2P2/c39-37(40)38(41(31-19-7-1-8-20-31,32-21-9-2-10-22-32)33-23-11-3-12-24-33)42(34-25-13-4-14-26-34,35-27-15-5-16-28-35)36-29-17-6-18-30-36/h1-30,38,41-42H,(H,39,40). The van der Waals surface area contributed by atoms with Gasteiger partial charge < -0.3 is 0 Å². The van der Waals surface area contributed by atoms with E-state index in [0.29, 0.717) is 0 Å². The van der Waals surface area contributed by atoms with Crippen LogP contribution in [0.1, 0.15) is 0 Å². The number of hydrogen-bond acceptors (Lipinski definition) is 1. The normalized spacial score (nSPS) is 13.1. The van der Waals surface area contributed by atoms with E-state index in [0.717, 1.165) is 31.8 Å². The van der Waals surface area contributed by atoms with Gasteiger partial charge in [0.1, 0.15) is 0 Å². The van der Waals surface area contributed by atoms with Crippen molar-refractivity contribution < 1.29 is 9.90 Å². The Morgan fingerprint density at radius 2 is 0.524 bits per heavy atom. The maximum absolute atomic E-state index is 14.5. The number of benzene rings is 6. The van der Waals surface area contributed by atoms with Crippen LogP contribution in [0.3, 0.4) is 0 Å². The Morgan fingerprint density at radius 3 is 0.667 bits per heavy atom. The SMILES string of the molecule is O=C(O)C([PH](c1ccccc1)(c1ccccc1)c1ccccc1)[PH](c1ccccc1)(c1ccccc1)c1ccccc1. The fraction of sp³-hybridized carbons (Fsp3) is 0.0263. The van der Waals surface area contributed by atoms with Crippen LogP contribution in [-0.2, 0) is 4.79 Å². The molecule has 42 heavy (non-hydrogen) atoms. The Labute approximate surface area is 249 Å². The molecule has 0 fully saturated rings. The van der Waals surface area contributed by atoms with Crippen molar-refractivity contribution >= 4 is 52.3 Å². The van der Waals surface area contributed by atoms with Crippen LogP contribution in [0.15, 0.2) is 182 Å². The van der Waals surface area contributed by atoms with Gasteiger partial charge in [-0.05, 0) is 0 Å². The van der Waals surface area contributed by atoms with E-state index in [-0.39, 0.29) is 0 Å².